The molecule has 0 radical (unpaired) electrons. The Morgan fingerprint density at radius 2 is 1.96 bits per heavy atom. The fraction of sp³-hybridized carbons (Fsp3) is 0.444. The summed E-state index contributed by atoms with van der Waals surface area (Å²) in [6, 6.07) is 5.77. The molecule has 0 unspecified atom stereocenters. The first kappa shape index (κ1) is 19.1. The first-order chi connectivity index (χ1) is 12.1. The summed E-state index contributed by atoms with van der Waals surface area (Å²) in [7, 11) is 5.05. The average Bonchev–Trinajstić information content (AvgIpc) is 3.11. The van der Waals surface area contributed by atoms with Gasteiger partial charge in [-0.15, -0.1) is 11.3 Å². The van der Waals surface area contributed by atoms with Gasteiger partial charge in [-0.2, -0.15) is 0 Å². The Kier molecular flexibility index (Phi) is 7.06. The lowest BCUT2D eigenvalue weighted by Crippen LogP contribution is -2.36. The van der Waals surface area contributed by atoms with Gasteiger partial charge in [-0.3, -0.25) is 4.99 Å². The highest BCUT2D eigenvalue weighted by Crippen LogP contribution is 2.24. The van der Waals surface area contributed by atoms with Gasteiger partial charge < -0.3 is 20.1 Å². The number of aliphatic imine (C=N–C) groups is 1. The van der Waals surface area contributed by atoms with E-state index in [1.807, 2.05) is 18.2 Å². The first-order valence-electron chi connectivity index (χ1n) is 8.17. The molecule has 0 aliphatic rings. The maximum absolute atomic E-state index is 5.42. The zero-order valence-electron chi connectivity index (χ0n) is 15.4. The van der Waals surface area contributed by atoms with Crippen molar-refractivity contribution in [2.24, 2.45) is 4.99 Å². The van der Waals surface area contributed by atoms with E-state index >= 15 is 0 Å². The van der Waals surface area contributed by atoms with Gasteiger partial charge >= 0.3 is 0 Å². The largest absolute Gasteiger partial charge is 0.497 e. The molecule has 0 saturated heterocycles. The van der Waals surface area contributed by atoms with E-state index in [0.29, 0.717) is 19.0 Å². The molecule has 2 N–H and O–H groups in total. The predicted molar refractivity (Wildman–Crippen MR) is 103 cm³/mol. The van der Waals surface area contributed by atoms with Crippen LogP contribution >= 0.6 is 11.3 Å². The number of nitrogens with one attached hydrogen (secondary N) is 2. The van der Waals surface area contributed by atoms with E-state index in [-0.39, 0.29) is 0 Å². The molecule has 0 bridgehead atoms. The van der Waals surface area contributed by atoms with E-state index in [0.717, 1.165) is 33.7 Å². The molecular formula is C18H26N4O2S. The molecule has 0 saturated carbocycles. The van der Waals surface area contributed by atoms with Crippen molar-refractivity contribution < 1.29 is 9.47 Å². The second-order valence-electron chi connectivity index (χ2n) is 5.78. The molecule has 2 aromatic rings. The van der Waals surface area contributed by atoms with E-state index < -0.39 is 0 Å². The quantitative estimate of drug-likeness (QED) is 0.585. The minimum absolute atomic E-state index is 0.449. The summed E-state index contributed by atoms with van der Waals surface area (Å²) >= 11 is 1.66. The molecule has 1 heterocycles. The number of ether oxygens (including phenoxy) is 2. The van der Waals surface area contributed by atoms with Crippen LogP contribution in [0.15, 0.2) is 28.6 Å². The molecule has 1 aromatic carbocycles. The van der Waals surface area contributed by atoms with Crippen molar-refractivity contribution in [3.05, 3.63) is 39.8 Å². The molecule has 0 amide bonds. The maximum Gasteiger partial charge on any atom is 0.191 e. The Bertz CT molecular complexity index is 713. The van der Waals surface area contributed by atoms with Crippen molar-refractivity contribution in [2.75, 3.05) is 21.3 Å². The lowest BCUT2D eigenvalue weighted by Gasteiger charge is -2.14. The van der Waals surface area contributed by atoms with Gasteiger partial charge in [-0.25, -0.2) is 4.98 Å². The Balaban J connectivity index is 1.92. The summed E-state index contributed by atoms with van der Waals surface area (Å²) in [6.07, 6.45) is 0. The molecule has 0 aliphatic carbocycles. The summed E-state index contributed by atoms with van der Waals surface area (Å²) in [5, 5.41) is 9.74. The minimum Gasteiger partial charge on any atom is -0.497 e. The van der Waals surface area contributed by atoms with Gasteiger partial charge in [0.25, 0.3) is 0 Å². The fourth-order valence-corrected chi connectivity index (χ4v) is 3.12. The molecule has 136 valence electrons. The maximum atomic E-state index is 5.42. The van der Waals surface area contributed by atoms with Crippen LogP contribution in [-0.2, 0) is 13.1 Å². The molecular weight excluding hydrogens is 336 g/mol. The predicted octanol–water partition coefficient (Wildman–Crippen LogP) is 3.15. The Hall–Kier alpha value is -2.28. The lowest BCUT2D eigenvalue weighted by molar-refractivity contribution is 0.390. The number of nitrogens with zero attached hydrogens (tertiary/aromatic N) is 2. The fourth-order valence-electron chi connectivity index (χ4n) is 2.23. The standard InChI is InChI=1S/C18H26N4O2S/c1-12(2)15-11-25-17(22-15)10-21-18(19-3)20-9-13-6-7-14(23-4)8-16(13)24-5/h6-8,11-12H,9-10H2,1-5H3,(H2,19,20,21). The second kappa shape index (κ2) is 9.27. The third-order valence-electron chi connectivity index (χ3n) is 3.73. The normalized spacial score (nSPS) is 11.5. The number of rotatable bonds is 7. The van der Waals surface area contributed by atoms with Crippen molar-refractivity contribution in [3.63, 3.8) is 0 Å². The second-order valence-corrected chi connectivity index (χ2v) is 6.72. The zero-order valence-corrected chi connectivity index (χ0v) is 16.2. The number of methoxy groups -OCH3 is 2. The third kappa shape index (κ3) is 5.35. The first-order valence-corrected chi connectivity index (χ1v) is 9.05. The van der Waals surface area contributed by atoms with Crippen LogP contribution < -0.4 is 20.1 Å². The van der Waals surface area contributed by atoms with Crippen molar-refractivity contribution in [3.8, 4) is 11.5 Å². The minimum atomic E-state index is 0.449. The number of hydrogen-bond acceptors (Lipinski definition) is 5. The summed E-state index contributed by atoms with van der Waals surface area (Å²) in [4.78, 5) is 8.88. The van der Waals surface area contributed by atoms with E-state index in [9.17, 15) is 0 Å². The van der Waals surface area contributed by atoms with Gasteiger partial charge in [0, 0.05) is 30.6 Å². The van der Waals surface area contributed by atoms with Gasteiger partial charge in [0.1, 0.15) is 16.5 Å². The van der Waals surface area contributed by atoms with E-state index in [2.05, 4.69) is 39.8 Å². The Labute approximate surface area is 153 Å². The molecule has 0 fully saturated rings. The van der Waals surface area contributed by atoms with Crippen molar-refractivity contribution in [2.45, 2.75) is 32.9 Å². The number of benzene rings is 1. The van der Waals surface area contributed by atoms with Crippen molar-refractivity contribution in [1.82, 2.24) is 15.6 Å². The number of guanidine groups is 1. The smallest absolute Gasteiger partial charge is 0.191 e. The third-order valence-corrected chi connectivity index (χ3v) is 4.60. The molecule has 0 atom stereocenters. The van der Waals surface area contributed by atoms with Gasteiger partial charge in [0.2, 0.25) is 0 Å². The van der Waals surface area contributed by atoms with Crippen LogP contribution in [0.1, 0.15) is 36.0 Å². The monoisotopic (exact) mass is 362 g/mol. The highest BCUT2D eigenvalue weighted by atomic mass is 32.1. The molecule has 6 nitrogen and oxygen atoms in total. The molecule has 25 heavy (non-hydrogen) atoms. The number of aromatic nitrogens is 1. The molecule has 0 aliphatic heterocycles. The van der Waals surface area contributed by atoms with Crippen LogP contribution in [0, 0.1) is 0 Å². The van der Waals surface area contributed by atoms with E-state index in [4.69, 9.17) is 9.47 Å². The summed E-state index contributed by atoms with van der Waals surface area (Å²) in [5.41, 5.74) is 2.16. The SMILES string of the molecule is CN=C(NCc1nc(C(C)C)cs1)NCc1ccc(OC)cc1OC. The van der Waals surface area contributed by atoms with Crippen LogP contribution in [0.3, 0.4) is 0 Å². The van der Waals surface area contributed by atoms with Gasteiger partial charge in [0.15, 0.2) is 5.96 Å². The summed E-state index contributed by atoms with van der Waals surface area (Å²) < 4.78 is 10.6. The Morgan fingerprint density at radius 3 is 2.56 bits per heavy atom. The van der Waals surface area contributed by atoms with Crippen molar-refractivity contribution in [1.29, 1.82) is 0 Å². The molecule has 7 heteroatoms. The number of thiazole rings is 1. The highest BCUT2D eigenvalue weighted by molar-refractivity contribution is 7.09. The number of hydrogen-bond donors (Lipinski definition) is 2. The summed E-state index contributed by atoms with van der Waals surface area (Å²) in [6.45, 7) is 5.54. The lowest BCUT2D eigenvalue weighted by atomic mass is 10.2. The van der Waals surface area contributed by atoms with E-state index in [1.165, 1.54) is 0 Å². The van der Waals surface area contributed by atoms with Gasteiger partial charge in [0.05, 0.1) is 26.5 Å². The van der Waals surface area contributed by atoms with Crippen LogP contribution in [-0.4, -0.2) is 32.2 Å². The average molecular weight is 362 g/mol. The van der Waals surface area contributed by atoms with Gasteiger partial charge in [-0.1, -0.05) is 13.8 Å². The van der Waals surface area contributed by atoms with E-state index in [1.54, 1.807) is 32.6 Å². The topological polar surface area (TPSA) is 67.8 Å². The van der Waals surface area contributed by atoms with Crippen LogP contribution in [0.5, 0.6) is 11.5 Å². The summed E-state index contributed by atoms with van der Waals surface area (Å²) in [5.74, 6) is 2.72. The molecule has 1 aromatic heterocycles. The highest BCUT2D eigenvalue weighted by Gasteiger charge is 2.08. The van der Waals surface area contributed by atoms with Crippen LogP contribution in [0.25, 0.3) is 0 Å². The van der Waals surface area contributed by atoms with Crippen molar-refractivity contribution >= 4 is 17.3 Å². The Morgan fingerprint density at radius 1 is 1.20 bits per heavy atom. The van der Waals surface area contributed by atoms with Crippen LogP contribution in [0.4, 0.5) is 0 Å². The zero-order chi connectivity index (χ0) is 18.2. The van der Waals surface area contributed by atoms with Gasteiger partial charge in [-0.05, 0) is 18.1 Å². The molecule has 0 spiro atoms. The molecule has 2 rings (SSSR count). The van der Waals surface area contributed by atoms with Crippen LogP contribution in [0.2, 0.25) is 0 Å².